The standard InChI is InChI=1S/C27H24F2N6O3S/c1-38-20-13-30-19(24(28)29)10-17(20)16-11-21(35-14-27(8-9-27)7-6-23(35)36)31-12-18(16)25(37)32-26-34-33-22(39-26)5-4-15-2-3-15/h10-13,15,24H,2-3,6-9,14H2,1H3,(H,32,34,37). The number of pyridine rings is 2. The molecule has 1 N–H and O–H groups in total. The Hall–Kier alpha value is -3.98. The van der Waals surface area contributed by atoms with Crippen molar-refractivity contribution in [3.63, 3.8) is 0 Å². The summed E-state index contributed by atoms with van der Waals surface area (Å²) in [4.78, 5) is 36.1. The van der Waals surface area contributed by atoms with Crippen LogP contribution < -0.4 is 15.0 Å². The number of alkyl halides is 2. The van der Waals surface area contributed by atoms with Crippen molar-refractivity contribution in [2.24, 2.45) is 11.3 Å². The van der Waals surface area contributed by atoms with E-state index >= 15 is 0 Å². The summed E-state index contributed by atoms with van der Waals surface area (Å²) < 4.78 is 32.6. The first kappa shape index (κ1) is 25.3. The topological polar surface area (TPSA) is 110 Å². The lowest BCUT2D eigenvalue weighted by atomic mass is 9.94. The van der Waals surface area contributed by atoms with Crippen molar-refractivity contribution < 1.29 is 23.1 Å². The summed E-state index contributed by atoms with van der Waals surface area (Å²) in [6, 6.07) is 2.77. The van der Waals surface area contributed by atoms with Crippen LogP contribution >= 0.6 is 11.3 Å². The first-order valence-electron chi connectivity index (χ1n) is 12.6. The highest BCUT2D eigenvalue weighted by molar-refractivity contribution is 7.15. The molecule has 2 aliphatic carbocycles. The van der Waals surface area contributed by atoms with E-state index < -0.39 is 18.0 Å². The molecule has 12 heteroatoms. The summed E-state index contributed by atoms with van der Waals surface area (Å²) in [6.07, 6.45) is 5.23. The number of piperidine rings is 1. The highest BCUT2D eigenvalue weighted by Crippen LogP contribution is 2.53. The van der Waals surface area contributed by atoms with Gasteiger partial charge in [-0.1, -0.05) is 17.3 Å². The van der Waals surface area contributed by atoms with Crippen LogP contribution in [-0.4, -0.2) is 45.6 Å². The molecular formula is C27H24F2N6O3S. The zero-order valence-corrected chi connectivity index (χ0v) is 21.9. The highest BCUT2D eigenvalue weighted by atomic mass is 32.1. The van der Waals surface area contributed by atoms with Crippen molar-refractivity contribution >= 4 is 34.1 Å². The summed E-state index contributed by atoms with van der Waals surface area (Å²) >= 11 is 1.14. The van der Waals surface area contributed by atoms with Gasteiger partial charge in [-0.05, 0) is 55.6 Å². The molecule has 0 aromatic carbocycles. The van der Waals surface area contributed by atoms with Gasteiger partial charge in [0.25, 0.3) is 12.3 Å². The molecule has 9 nitrogen and oxygen atoms in total. The highest BCUT2D eigenvalue weighted by Gasteiger charge is 2.48. The number of methoxy groups -OCH3 is 1. The number of hydrogen-bond donors (Lipinski definition) is 1. The molecule has 1 saturated heterocycles. The lowest BCUT2D eigenvalue weighted by Gasteiger charge is -2.32. The fraction of sp³-hybridized carbons (Fsp3) is 0.407. The van der Waals surface area contributed by atoms with Crippen LogP contribution in [0.1, 0.15) is 66.0 Å². The number of aromatic nitrogens is 4. The Morgan fingerprint density at radius 1 is 1.18 bits per heavy atom. The molecule has 0 atom stereocenters. The van der Waals surface area contributed by atoms with Crippen LogP contribution in [0.5, 0.6) is 5.75 Å². The molecule has 3 fully saturated rings. The molecule has 1 aliphatic heterocycles. The summed E-state index contributed by atoms with van der Waals surface area (Å²) in [6.45, 7) is 0.537. The van der Waals surface area contributed by atoms with Crippen LogP contribution in [0.4, 0.5) is 19.7 Å². The van der Waals surface area contributed by atoms with Gasteiger partial charge in [0.15, 0.2) is 5.01 Å². The number of nitrogens with zero attached hydrogens (tertiary/aromatic N) is 5. The lowest BCUT2D eigenvalue weighted by Crippen LogP contribution is -2.41. The molecule has 0 unspecified atom stereocenters. The van der Waals surface area contributed by atoms with E-state index in [1.165, 1.54) is 25.6 Å². The number of nitrogens with one attached hydrogen (secondary N) is 1. The number of halogens is 2. The Labute approximate surface area is 227 Å². The van der Waals surface area contributed by atoms with E-state index in [0.717, 1.165) is 43.4 Å². The Bertz CT molecular complexity index is 1520. The summed E-state index contributed by atoms with van der Waals surface area (Å²) in [5, 5.41) is 11.5. The van der Waals surface area contributed by atoms with Gasteiger partial charge in [-0.3, -0.25) is 24.8 Å². The number of rotatable bonds is 6. The van der Waals surface area contributed by atoms with E-state index in [4.69, 9.17) is 4.74 Å². The Balaban J connectivity index is 1.38. The summed E-state index contributed by atoms with van der Waals surface area (Å²) in [5.74, 6) is 6.39. The molecule has 1 spiro atoms. The van der Waals surface area contributed by atoms with Gasteiger partial charge < -0.3 is 4.74 Å². The van der Waals surface area contributed by atoms with Gasteiger partial charge in [-0.25, -0.2) is 13.8 Å². The normalized spacial score (nSPS) is 17.6. The van der Waals surface area contributed by atoms with Gasteiger partial charge in [-0.15, -0.1) is 10.2 Å². The van der Waals surface area contributed by atoms with Crippen LogP contribution in [0.25, 0.3) is 11.1 Å². The van der Waals surface area contributed by atoms with Crippen LogP contribution in [0.3, 0.4) is 0 Å². The third kappa shape index (κ3) is 5.31. The van der Waals surface area contributed by atoms with Crippen LogP contribution in [-0.2, 0) is 4.79 Å². The summed E-state index contributed by atoms with van der Waals surface area (Å²) in [7, 11) is 1.39. The summed E-state index contributed by atoms with van der Waals surface area (Å²) in [5.41, 5.74) is 0.246. The Kier molecular flexibility index (Phi) is 6.46. The molecule has 200 valence electrons. The number of ether oxygens (including phenoxy) is 1. The maximum absolute atomic E-state index is 13.6. The number of carbonyl (C=O) groups excluding carboxylic acids is 2. The maximum atomic E-state index is 13.6. The second kappa shape index (κ2) is 9.96. The van der Waals surface area contributed by atoms with E-state index in [1.807, 2.05) is 0 Å². The molecule has 3 aromatic rings. The van der Waals surface area contributed by atoms with Crippen LogP contribution in [0.2, 0.25) is 0 Å². The van der Waals surface area contributed by atoms with Gasteiger partial charge in [-0.2, -0.15) is 0 Å². The van der Waals surface area contributed by atoms with Crippen LogP contribution in [0.15, 0.2) is 24.5 Å². The van der Waals surface area contributed by atoms with E-state index in [-0.39, 0.29) is 38.9 Å². The molecular weight excluding hydrogens is 526 g/mol. The minimum Gasteiger partial charge on any atom is -0.494 e. The molecule has 0 radical (unpaired) electrons. The van der Waals surface area contributed by atoms with E-state index in [9.17, 15) is 18.4 Å². The predicted octanol–water partition coefficient (Wildman–Crippen LogP) is 4.86. The molecule has 39 heavy (non-hydrogen) atoms. The zero-order valence-electron chi connectivity index (χ0n) is 21.0. The molecule has 2 saturated carbocycles. The van der Waals surface area contributed by atoms with Crippen molar-refractivity contribution in [3.05, 3.63) is 40.8 Å². The first-order chi connectivity index (χ1) is 18.8. The van der Waals surface area contributed by atoms with Gasteiger partial charge in [0.05, 0.1) is 18.9 Å². The van der Waals surface area contributed by atoms with Gasteiger partial charge in [0.2, 0.25) is 11.0 Å². The van der Waals surface area contributed by atoms with Crippen molar-refractivity contribution in [2.45, 2.75) is 45.0 Å². The second-order valence-electron chi connectivity index (χ2n) is 10.1. The molecule has 0 bridgehead atoms. The smallest absolute Gasteiger partial charge is 0.280 e. The van der Waals surface area contributed by atoms with E-state index in [0.29, 0.717) is 29.7 Å². The third-order valence-electron chi connectivity index (χ3n) is 7.26. The quantitative estimate of drug-likeness (QED) is 0.437. The zero-order chi connectivity index (χ0) is 27.1. The largest absolute Gasteiger partial charge is 0.494 e. The maximum Gasteiger partial charge on any atom is 0.280 e. The minimum absolute atomic E-state index is 0.0631. The molecule has 3 aliphatic rings. The molecule has 2 amide bonds. The molecule has 3 aromatic heterocycles. The SMILES string of the molecule is COc1cnc(C(F)F)cc1-c1cc(N2CC3(CCC2=O)CC3)ncc1C(=O)Nc1nnc(C#CC2CC2)s1. The molecule has 6 rings (SSSR count). The van der Waals surface area contributed by atoms with E-state index in [1.54, 1.807) is 11.0 Å². The van der Waals surface area contributed by atoms with Crippen molar-refractivity contribution in [1.29, 1.82) is 0 Å². The third-order valence-corrected chi connectivity index (χ3v) is 8.01. The average Bonchev–Trinajstić information content (AvgIpc) is 3.87. The van der Waals surface area contributed by atoms with Crippen molar-refractivity contribution in [2.75, 3.05) is 23.9 Å². The van der Waals surface area contributed by atoms with Crippen molar-refractivity contribution in [3.8, 4) is 28.7 Å². The van der Waals surface area contributed by atoms with Crippen LogP contribution in [0, 0.1) is 23.2 Å². The lowest BCUT2D eigenvalue weighted by molar-refractivity contribution is -0.120. The van der Waals surface area contributed by atoms with Gasteiger partial charge >= 0.3 is 0 Å². The monoisotopic (exact) mass is 550 g/mol. The minimum atomic E-state index is -2.83. The average molecular weight is 551 g/mol. The first-order valence-corrected chi connectivity index (χ1v) is 13.4. The number of carbonyl (C=O) groups is 2. The number of hydrogen-bond acceptors (Lipinski definition) is 8. The Morgan fingerprint density at radius 2 is 2.00 bits per heavy atom. The fourth-order valence-corrected chi connectivity index (χ4v) is 5.23. The van der Waals surface area contributed by atoms with Crippen molar-refractivity contribution in [1.82, 2.24) is 20.2 Å². The van der Waals surface area contributed by atoms with E-state index in [2.05, 4.69) is 37.3 Å². The molecule has 4 heterocycles. The van der Waals surface area contributed by atoms with Gasteiger partial charge in [0.1, 0.15) is 17.3 Å². The van der Waals surface area contributed by atoms with Gasteiger partial charge in [0, 0.05) is 36.2 Å². The second-order valence-corrected chi connectivity index (χ2v) is 11.1. The fourth-order valence-electron chi connectivity index (χ4n) is 4.63. The Morgan fingerprint density at radius 3 is 2.72 bits per heavy atom. The predicted molar refractivity (Wildman–Crippen MR) is 140 cm³/mol. The number of amides is 2. The number of anilines is 2.